The lowest BCUT2D eigenvalue weighted by molar-refractivity contribution is -0.148. The zero-order valence-electron chi connectivity index (χ0n) is 15.8. The third-order valence-corrected chi connectivity index (χ3v) is 5.30. The third-order valence-electron chi connectivity index (χ3n) is 4.03. The van der Waals surface area contributed by atoms with Crippen molar-refractivity contribution in [2.45, 2.75) is 19.3 Å². The SMILES string of the molecule is COc1ccc(-c2nc(COC(=O)C(C)CSCc3ccccc3)no2)cc1. The molecule has 3 rings (SSSR count). The Morgan fingerprint density at radius 2 is 1.89 bits per heavy atom. The number of aromatic nitrogens is 2. The molecule has 1 heterocycles. The Balaban J connectivity index is 1.44. The van der Waals surface area contributed by atoms with Gasteiger partial charge in [-0.3, -0.25) is 4.79 Å². The van der Waals surface area contributed by atoms with E-state index in [1.165, 1.54) is 5.56 Å². The minimum atomic E-state index is -0.267. The summed E-state index contributed by atoms with van der Waals surface area (Å²) in [4.78, 5) is 16.4. The van der Waals surface area contributed by atoms with Crippen LogP contribution in [-0.2, 0) is 21.9 Å². The molecular weight excluding hydrogens is 376 g/mol. The van der Waals surface area contributed by atoms with Crippen LogP contribution in [0.25, 0.3) is 11.5 Å². The van der Waals surface area contributed by atoms with E-state index in [1.54, 1.807) is 18.9 Å². The van der Waals surface area contributed by atoms with Crippen LogP contribution in [-0.4, -0.2) is 29.0 Å². The monoisotopic (exact) mass is 398 g/mol. The molecule has 1 aromatic heterocycles. The average Bonchev–Trinajstić information content (AvgIpc) is 3.22. The van der Waals surface area contributed by atoms with Crippen LogP contribution in [0.15, 0.2) is 59.1 Å². The Morgan fingerprint density at radius 1 is 1.14 bits per heavy atom. The van der Waals surface area contributed by atoms with Crippen LogP contribution in [0.1, 0.15) is 18.3 Å². The van der Waals surface area contributed by atoms with E-state index in [0.717, 1.165) is 17.1 Å². The highest BCUT2D eigenvalue weighted by molar-refractivity contribution is 7.98. The van der Waals surface area contributed by atoms with Crippen molar-refractivity contribution in [1.29, 1.82) is 0 Å². The molecule has 0 saturated carbocycles. The molecule has 0 saturated heterocycles. The van der Waals surface area contributed by atoms with Crippen molar-refractivity contribution in [2.24, 2.45) is 5.92 Å². The van der Waals surface area contributed by atoms with Gasteiger partial charge in [0.05, 0.1) is 13.0 Å². The molecule has 0 bridgehead atoms. The van der Waals surface area contributed by atoms with Gasteiger partial charge < -0.3 is 14.0 Å². The molecule has 0 spiro atoms. The van der Waals surface area contributed by atoms with Crippen molar-refractivity contribution >= 4 is 17.7 Å². The number of ether oxygens (including phenoxy) is 2. The number of esters is 1. The molecule has 0 fully saturated rings. The van der Waals surface area contributed by atoms with Gasteiger partial charge in [0, 0.05) is 17.1 Å². The second-order valence-electron chi connectivity index (χ2n) is 6.25. The number of hydrogen-bond donors (Lipinski definition) is 0. The Hall–Kier alpha value is -2.80. The molecule has 28 heavy (non-hydrogen) atoms. The van der Waals surface area contributed by atoms with Gasteiger partial charge >= 0.3 is 5.97 Å². The molecular formula is C21H22N2O4S. The van der Waals surface area contributed by atoms with Crippen LogP contribution in [0.5, 0.6) is 5.75 Å². The van der Waals surface area contributed by atoms with Crippen LogP contribution in [0.3, 0.4) is 0 Å². The van der Waals surface area contributed by atoms with E-state index < -0.39 is 0 Å². The topological polar surface area (TPSA) is 74.5 Å². The van der Waals surface area contributed by atoms with Crippen molar-refractivity contribution in [3.05, 3.63) is 66.0 Å². The highest BCUT2D eigenvalue weighted by atomic mass is 32.2. The van der Waals surface area contributed by atoms with E-state index in [4.69, 9.17) is 14.0 Å². The number of benzene rings is 2. The zero-order valence-corrected chi connectivity index (χ0v) is 16.6. The zero-order chi connectivity index (χ0) is 19.8. The Morgan fingerprint density at radius 3 is 2.61 bits per heavy atom. The lowest BCUT2D eigenvalue weighted by atomic mass is 10.2. The fourth-order valence-electron chi connectivity index (χ4n) is 2.44. The molecule has 3 aromatic rings. The second kappa shape index (κ2) is 9.94. The number of hydrogen-bond acceptors (Lipinski definition) is 7. The molecule has 0 aliphatic heterocycles. The van der Waals surface area contributed by atoms with Gasteiger partial charge in [0.2, 0.25) is 5.82 Å². The Bertz CT molecular complexity index is 881. The lowest BCUT2D eigenvalue weighted by Gasteiger charge is -2.10. The molecule has 7 heteroatoms. The van der Waals surface area contributed by atoms with Gasteiger partial charge in [0.25, 0.3) is 5.89 Å². The van der Waals surface area contributed by atoms with E-state index in [0.29, 0.717) is 17.5 Å². The van der Waals surface area contributed by atoms with Crippen LogP contribution in [0.4, 0.5) is 0 Å². The largest absolute Gasteiger partial charge is 0.497 e. The normalized spacial score (nSPS) is 11.8. The predicted molar refractivity (Wildman–Crippen MR) is 108 cm³/mol. The number of rotatable bonds is 9. The van der Waals surface area contributed by atoms with Crippen molar-refractivity contribution in [3.8, 4) is 17.2 Å². The van der Waals surface area contributed by atoms with Crippen LogP contribution >= 0.6 is 11.8 Å². The first-order valence-electron chi connectivity index (χ1n) is 8.91. The first-order chi connectivity index (χ1) is 13.7. The maximum Gasteiger partial charge on any atom is 0.309 e. The molecule has 1 unspecified atom stereocenters. The molecule has 6 nitrogen and oxygen atoms in total. The van der Waals surface area contributed by atoms with Crippen LogP contribution in [0, 0.1) is 5.92 Å². The summed E-state index contributed by atoms with van der Waals surface area (Å²) in [6.45, 7) is 1.85. The average molecular weight is 398 g/mol. The lowest BCUT2D eigenvalue weighted by Crippen LogP contribution is -2.17. The van der Waals surface area contributed by atoms with E-state index >= 15 is 0 Å². The van der Waals surface area contributed by atoms with Gasteiger partial charge in [0.15, 0.2) is 6.61 Å². The Labute approximate surface area is 168 Å². The number of carbonyl (C=O) groups is 1. The molecule has 1 atom stereocenters. The third kappa shape index (κ3) is 5.60. The van der Waals surface area contributed by atoms with Gasteiger partial charge in [0.1, 0.15) is 5.75 Å². The minimum Gasteiger partial charge on any atom is -0.497 e. The van der Waals surface area contributed by atoms with Crippen LogP contribution in [0.2, 0.25) is 0 Å². The molecule has 0 radical (unpaired) electrons. The summed E-state index contributed by atoms with van der Waals surface area (Å²) in [7, 11) is 1.61. The summed E-state index contributed by atoms with van der Waals surface area (Å²) >= 11 is 1.71. The van der Waals surface area contributed by atoms with Gasteiger partial charge in [-0.1, -0.05) is 42.4 Å². The van der Waals surface area contributed by atoms with E-state index in [9.17, 15) is 4.79 Å². The maximum absolute atomic E-state index is 12.2. The first-order valence-corrected chi connectivity index (χ1v) is 10.1. The number of carbonyl (C=O) groups excluding carboxylic acids is 1. The summed E-state index contributed by atoms with van der Waals surface area (Å²) in [5.74, 6) is 2.55. The first kappa shape index (κ1) is 19.9. The standard InChI is InChI=1S/C21H22N2O4S/c1-15(13-28-14-16-6-4-3-5-7-16)21(24)26-12-19-22-20(27-23-19)17-8-10-18(25-2)11-9-17/h3-11,15H,12-14H2,1-2H3. The highest BCUT2D eigenvalue weighted by Gasteiger charge is 2.17. The fraction of sp³-hybridized carbons (Fsp3) is 0.286. The van der Waals surface area contributed by atoms with E-state index in [-0.39, 0.29) is 18.5 Å². The summed E-state index contributed by atoms with van der Waals surface area (Å²) in [6.07, 6.45) is 0. The van der Waals surface area contributed by atoms with Crippen LogP contribution < -0.4 is 4.74 Å². The summed E-state index contributed by atoms with van der Waals surface area (Å²) < 4.78 is 15.7. The molecule has 0 amide bonds. The molecule has 0 N–H and O–H groups in total. The quantitative estimate of drug-likeness (QED) is 0.496. The highest BCUT2D eigenvalue weighted by Crippen LogP contribution is 2.21. The van der Waals surface area contributed by atoms with Crippen molar-refractivity contribution < 1.29 is 18.8 Å². The van der Waals surface area contributed by atoms with E-state index in [1.807, 2.05) is 49.4 Å². The smallest absolute Gasteiger partial charge is 0.309 e. The summed E-state index contributed by atoms with van der Waals surface area (Å²) in [6, 6.07) is 17.5. The van der Waals surface area contributed by atoms with Gasteiger partial charge in [-0.05, 0) is 29.8 Å². The molecule has 0 aliphatic rings. The molecule has 146 valence electrons. The van der Waals surface area contributed by atoms with Crippen molar-refractivity contribution in [2.75, 3.05) is 12.9 Å². The minimum absolute atomic E-state index is 0.00776. The van der Waals surface area contributed by atoms with E-state index in [2.05, 4.69) is 22.3 Å². The molecule has 2 aromatic carbocycles. The number of nitrogens with zero attached hydrogens (tertiary/aromatic N) is 2. The Kier molecular flexibility index (Phi) is 7.08. The number of thioether (sulfide) groups is 1. The fourth-order valence-corrected chi connectivity index (χ4v) is 3.47. The van der Waals surface area contributed by atoms with Crippen molar-refractivity contribution in [1.82, 2.24) is 10.1 Å². The van der Waals surface area contributed by atoms with Gasteiger partial charge in [-0.25, -0.2) is 0 Å². The number of methoxy groups -OCH3 is 1. The van der Waals surface area contributed by atoms with Gasteiger partial charge in [-0.15, -0.1) is 0 Å². The predicted octanol–water partition coefficient (Wildman–Crippen LogP) is 4.36. The van der Waals surface area contributed by atoms with Gasteiger partial charge in [-0.2, -0.15) is 16.7 Å². The maximum atomic E-state index is 12.2. The summed E-state index contributed by atoms with van der Waals surface area (Å²) in [5.41, 5.74) is 2.02. The molecule has 0 aliphatic carbocycles. The summed E-state index contributed by atoms with van der Waals surface area (Å²) in [5, 5.41) is 3.87. The van der Waals surface area contributed by atoms with Crippen molar-refractivity contribution in [3.63, 3.8) is 0 Å². The second-order valence-corrected chi connectivity index (χ2v) is 7.28.